The fourth-order valence-electron chi connectivity index (χ4n) is 2.08. The number of hydrogen-bond acceptors (Lipinski definition) is 3. The Balaban J connectivity index is 1.77. The van der Waals surface area contributed by atoms with E-state index in [1.807, 2.05) is 0 Å². The van der Waals surface area contributed by atoms with Crippen molar-refractivity contribution in [3.05, 3.63) is 52.7 Å². The Morgan fingerprint density at radius 1 is 1.12 bits per heavy atom. The first kappa shape index (κ1) is 16.3. The highest BCUT2D eigenvalue weighted by Crippen LogP contribution is 2.30. The van der Waals surface area contributed by atoms with Gasteiger partial charge in [-0.2, -0.15) is 0 Å². The third-order valence-electron chi connectivity index (χ3n) is 3.49. The summed E-state index contributed by atoms with van der Waals surface area (Å²) in [5.74, 6) is -2.60. The van der Waals surface area contributed by atoms with Crippen LogP contribution in [-0.2, 0) is 4.79 Å². The van der Waals surface area contributed by atoms with E-state index in [0.29, 0.717) is 0 Å². The predicted molar refractivity (Wildman–Crippen MR) is 84.9 cm³/mol. The standard InChI is InChI=1S/C16H12ClF2N3O2/c17-14-11(19)4-3-10(18)13(14)16(24)21-9-5-6-20-12(7-9)22-15(23)8-1-2-8/h3-8H,1-2H2,(H2,20,21,22,23,24). The Labute approximate surface area is 141 Å². The molecule has 1 aromatic heterocycles. The van der Waals surface area contributed by atoms with Gasteiger partial charge in [-0.1, -0.05) is 11.6 Å². The fourth-order valence-corrected chi connectivity index (χ4v) is 2.32. The van der Waals surface area contributed by atoms with Crippen molar-refractivity contribution in [2.75, 3.05) is 10.6 Å². The molecule has 2 N–H and O–H groups in total. The highest BCUT2D eigenvalue weighted by molar-refractivity contribution is 6.34. The molecule has 0 bridgehead atoms. The van der Waals surface area contributed by atoms with Crippen LogP contribution in [0, 0.1) is 17.6 Å². The van der Waals surface area contributed by atoms with Gasteiger partial charge >= 0.3 is 0 Å². The van der Waals surface area contributed by atoms with E-state index < -0.39 is 28.1 Å². The molecule has 1 fully saturated rings. The van der Waals surface area contributed by atoms with Crippen LogP contribution in [0.15, 0.2) is 30.5 Å². The van der Waals surface area contributed by atoms with Gasteiger partial charge < -0.3 is 10.6 Å². The molecule has 0 saturated heterocycles. The molecule has 24 heavy (non-hydrogen) atoms. The van der Waals surface area contributed by atoms with Crippen LogP contribution < -0.4 is 10.6 Å². The monoisotopic (exact) mass is 351 g/mol. The summed E-state index contributed by atoms with van der Waals surface area (Å²) >= 11 is 5.66. The molecule has 2 aromatic rings. The fraction of sp³-hybridized carbons (Fsp3) is 0.188. The summed E-state index contributed by atoms with van der Waals surface area (Å²) in [4.78, 5) is 27.8. The van der Waals surface area contributed by atoms with Gasteiger partial charge in [-0.25, -0.2) is 13.8 Å². The van der Waals surface area contributed by atoms with Crippen LogP contribution in [-0.4, -0.2) is 16.8 Å². The SMILES string of the molecule is O=C(Nc1ccnc(NC(=O)C2CC2)c1)c1c(F)ccc(F)c1Cl. The molecule has 2 amide bonds. The first-order valence-corrected chi connectivity index (χ1v) is 7.55. The lowest BCUT2D eigenvalue weighted by Gasteiger charge is -2.10. The maximum Gasteiger partial charge on any atom is 0.260 e. The highest BCUT2D eigenvalue weighted by Gasteiger charge is 2.29. The zero-order valence-electron chi connectivity index (χ0n) is 12.3. The van der Waals surface area contributed by atoms with Crippen LogP contribution in [0.5, 0.6) is 0 Å². The van der Waals surface area contributed by atoms with Crippen molar-refractivity contribution >= 4 is 34.9 Å². The van der Waals surface area contributed by atoms with Crippen LogP contribution in [0.2, 0.25) is 5.02 Å². The van der Waals surface area contributed by atoms with Gasteiger partial charge in [0.25, 0.3) is 5.91 Å². The third-order valence-corrected chi connectivity index (χ3v) is 3.86. The van der Waals surface area contributed by atoms with Gasteiger partial charge in [-0.05, 0) is 31.0 Å². The molecule has 5 nitrogen and oxygen atoms in total. The topological polar surface area (TPSA) is 71.1 Å². The molecule has 8 heteroatoms. The number of pyridine rings is 1. The molecule has 1 heterocycles. The van der Waals surface area contributed by atoms with Crippen LogP contribution >= 0.6 is 11.6 Å². The number of benzene rings is 1. The zero-order chi connectivity index (χ0) is 17.3. The Kier molecular flexibility index (Phi) is 4.44. The second-order valence-corrected chi connectivity index (χ2v) is 5.74. The quantitative estimate of drug-likeness (QED) is 0.826. The van der Waals surface area contributed by atoms with Crippen molar-refractivity contribution < 1.29 is 18.4 Å². The number of amides is 2. The van der Waals surface area contributed by atoms with E-state index in [1.165, 1.54) is 18.3 Å². The zero-order valence-corrected chi connectivity index (χ0v) is 13.0. The number of carbonyl (C=O) groups is 2. The summed E-state index contributed by atoms with van der Waals surface area (Å²) in [7, 11) is 0. The summed E-state index contributed by atoms with van der Waals surface area (Å²) in [6.45, 7) is 0. The number of aromatic nitrogens is 1. The van der Waals surface area contributed by atoms with Gasteiger partial charge in [-0.3, -0.25) is 9.59 Å². The van der Waals surface area contributed by atoms with Crippen molar-refractivity contribution in [2.24, 2.45) is 5.92 Å². The van der Waals surface area contributed by atoms with E-state index in [2.05, 4.69) is 15.6 Å². The average Bonchev–Trinajstić information content (AvgIpc) is 3.36. The second-order valence-electron chi connectivity index (χ2n) is 5.37. The number of nitrogens with one attached hydrogen (secondary N) is 2. The molecule has 0 radical (unpaired) electrons. The smallest absolute Gasteiger partial charge is 0.260 e. The van der Waals surface area contributed by atoms with E-state index in [-0.39, 0.29) is 23.3 Å². The molecule has 3 rings (SSSR count). The molecule has 0 atom stereocenters. The van der Waals surface area contributed by atoms with Crippen molar-refractivity contribution in [3.8, 4) is 0 Å². The predicted octanol–water partition coefficient (Wildman–Crippen LogP) is 3.61. The summed E-state index contributed by atoms with van der Waals surface area (Å²) in [6.07, 6.45) is 3.07. The van der Waals surface area contributed by atoms with Gasteiger partial charge in [0.05, 0.1) is 10.6 Å². The summed E-state index contributed by atoms with van der Waals surface area (Å²) in [6, 6.07) is 4.54. The van der Waals surface area contributed by atoms with Crippen LogP contribution in [0.4, 0.5) is 20.3 Å². The largest absolute Gasteiger partial charge is 0.322 e. The molecule has 1 aliphatic rings. The maximum atomic E-state index is 13.7. The van der Waals surface area contributed by atoms with Crippen LogP contribution in [0.25, 0.3) is 0 Å². The second kappa shape index (κ2) is 6.52. The molecule has 0 unspecified atom stereocenters. The highest BCUT2D eigenvalue weighted by atomic mass is 35.5. The third kappa shape index (κ3) is 3.51. The molecule has 1 aromatic carbocycles. The van der Waals surface area contributed by atoms with Crippen molar-refractivity contribution in [1.29, 1.82) is 0 Å². The Morgan fingerprint density at radius 2 is 1.83 bits per heavy atom. The van der Waals surface area contributed by atoms with E-state index in [4.69, 9.17) is 11.6 Å². The first-order valence-electron chi connectivity index (χ1n) is 7.17. The number of carbonyl (C=O) groups excluding carboxylic acids is 2. The van der Waals surface area contributed by atoms with Crippen molar-refractivity contribution in [3.63, 3.8) is 0 Å². The number of hydrogen-bond donors (Lipinski definition) is 2. The maximum absolute atomic E-state index is 13.7. The molecular weight excluding hydrogens is 340 g/mol. The molecule has 0 spiro atoms. The molecule has 1 saturated carbocycles. The van der Waals surface area contributed by atoms with Gasteiger partial charge in [0.2, 0.25) is 5.91 Å². The van der Waals surface area contributed by atoms with Gasteiger partial charge in [0.15, 0.2) is 0 Å². The lowest BCUT2D eigenvalue weighted by Crippen LogP contribution is -2.17. The molecular formula is C16H12ClF2N3O2. The van der Waals surface area contributed by atoms with Crippen LogP contribution in [0.3, 0.4) is 0 Å². The summed E-state index contributed by atoms with van der Waals surface area (Å²) in [5, 5.41) is 4.44. The van der Waals surface area contributed by atoms with Gasteiger partial charge in [0, 0.05) is 23.9 Å². The van der Waals surface area contributed by atoms with Gasteiger partial charge in [-0.15, -0.1) is 0 Å². The minimum Gasteiger partial charge on any atom is -0.322 e. The molecule has 1 aliphatic carbocycles. The minimum atomic E-state index is -0.935. The Bertz CT molecular complexity index is 825. The first-order chi connectivity index (χ1) is 11.5. The summed E-state index contributed by atoms with van der Waals surface area (Å²) < 4.78 is 27.2. The van der Waals surface area contributed by atoms with E-state index >= 15 is 0 Å². The minimum absolute atomic E-state index is 0.00486. The lowest BCUT2D eigenvalue weighted by atomic mass is 10.2. The normalized spacial score (nSPS) is 13.5. The number of anilines is 2. The average molecular weight is 352 g/mol. The van der Waals surface area contributed by atoms with Gasteiger partial charge in [0.1, 0.15) is 17.5 Å². The van der Waals surface area contributed by atoms with Crippen LogP contribution in [0.1, 0.15) is 23.2 Å². The van der Waals surface area contributed by atoms with Crippen molar-refractivity contribution in [1.82, 2.24) is 4.98 Å². The Morgan fingerprint density at radius 3 is 2.54 bits per heavy atom. The lowest BCUT2D eigenvalue weighted by molar-refractivity contribution is -0.117. The Hall–Kier alpha value is -2.54. The van der Waals surface area contributed by atoms with E-state index in [9.17, 15) is 18.4 Å². The summed E-state index contributed by atoms with van der Waals surface area (Å²) in [5.41, 5.74) is -0.321. The molecule has 0 aliphatic heterocycles. The number of nitrogens with zero attached hydrogens (tertiary/aromatic N) is 1. The number of halogens is 3. The van der Waals surface area contributed by atoms with E-state index in [0.717, 1.165) is 25.0 Å². The van der Waals surface area contributed by atoms with E-state index in [1.54, 1.807) is 0 Å². The number of rotatable bonds is 4. The molecule has 124 valence electrons. The van der Waals surface area contributed by atoms with Crippen molar-refractivity contribution in [2.45, 2.75) is 12.8 Å².